The van der Waals surface area contributed by atoms with E-state index < -0.39 is 0 Å². The molecule has 0 saturated carbocycles. The summed E-state index contributed by atoms with van der Waals surface area (Å²) in [5, 5.41) is 3.00. The molecule has 3 aromatic rings. The first kappa shape index (κ1) is 17.6. The van der Waals surface area contributed by atoms with Crippen LogP contribution in [0.3, 0.4) is 0 Å². The highest BCUT2D eigenvalue weighted by atomic mass is 16.4. The van der Waals surface area contributed by atoms with E-state index in [4.69, 9.17) is 8.83 Å². The molecule has 1 unspecified atom stereocenters. The van der Waals surface area contributed by atoms with Crippen LogP contribution in [0.25, 0.3) is 11.1 Å². The van der Waals surface area contributed by atoms with E-state index in [-0.39, 0.29) is 5.91 Å². The van der Waals surface area contributed by atoms with Gasteiger partial charge in [-0.15, -0.1) is 0 Å². The normalized spacial score (nSPS) is 17.4. The van der Waals surface area contributed by atoms with Crippen molar-refractivity contribution in [3.05, 3.63) is 41.6 Å². The lowest BCUT2D eigenvalue weighted by Gasteiger charge is -2.31. The molecule has 1 atom stereocenters. The van der Waals surface area contributed by atoms with Crippen molar-refractivity contribution in [1.82, 2.24) is 15.3 Å². The van der Waals surface area contributed by atoms with Crippen molar-refractivity contribution in [3.8, 4) is 0 Å². The quantitative estimate of drug-likeness (QED) is 0.744. The third-order valence-corrected chi connectivity index (χ3v) is 4.97. The van der Waals surface area contributed by atoms with E-state index in [9.17, 15) is 4.79 Å². The predicted octanol–water partition coefficient (Wildman–Crippen LogP) is 3.33. The molecule has 1 aliphatic rings. The fourth-order valence-electron chi connectivity index (χ4n) is 3.53. The van der Waals surface area contributed by atoms with Gasteiger partial charge in [0, 0.05) is 26.1 Å². The molecule has 1 amide bonds. The number of carbonyl (C=O) groups excluding carboxylic acids is 1. The maximum Gasteiger partial charge on any atom is 0.298 e. The molecule has 2 aromatic heterocycles. The number of anilines is 1. The average Bonchev–Trinajstić information content (AvgIpc) is 3.29. The zero-order valence-corrected chi connectivity index (χ0v) is 15.7. The van der Waals surface area contributed by atoms with E-state index in [0.717, 1.165) is 37.0 Å². The van der Waals surface area contributed by atoms with E-state index in [1.54, 1.807) is 6.92 Å². The topological polar surface area (TPSA) is 84.4 Å². The van der Waals surface area contributed by atoms with Crippen molar-refractivity contribution in [3.63, 3.8) is 0 Å². The van der Waals surface area contributed by atoms with Gasteiger partial charge in [-0.2, -0.15) is 4.98 Å². The van der Waals surface area contributed by atoms with Gasteiger partial charge in [-0.3, -0.25) is 4.79 Å². The second-order valence-electron chi connectivity index (χ2n) is 7.00. The van der Waals surface area contributed by atoms with Crippen LogP contribution >= 0.6 is 0 Å². The summed E-state index contributed by atoms with van der Waals surface area (Å²) in [6.45, 7) is 6.07. The number of aryl methyl sites for hydroxylation is 2. The standard InChI is InChI=1S/C20H24N4O3/c1-3-17-22-13(2)18(27-17)19(25)21-11-14-7-6-10-24(12-14)20-23-15-8-4-5-9-16(15)26-20/h4-5,8-9,14H,3,6-7,10-12H2,1-2H3,(H,21,25). The first-order valence-corrected chi connectivity index (χ1v) is 9.49. The summed E-state index contributed by atoms with van der Waals surface area (Å²) in [7, 11) is 0. The largest absolute Gasteiger partial charge is 0.435 e. The molecule has 27 heavy (non-hydrogen) atoms. The second-order valence-corrected chi connectivity index (χ2v) is 7.00. The van der Waals surface area contributed by atoms with Crippen molar-refractivity contribution >= 4 is 23.0 Å². The van der Waals surface area contributed by atoms with Gasteiger partial charge in [0.25, 0.3) is 11.9 Å². The van der Waals surface area contributed by atoms with Gasteiger partial charge in [-0.1, -0.05) is 19.1 Å². The van der Waals surface area contributed by atoms with Gasteiger partial charge in [0.05, 0.1) is 5.69 Å². The summed E-state index contributed by atoms with van der Waals surface area (Å²) in [5.41, 5.74) is 2.31. The van der Waals surface area contributed by atoms with Crippen molar-refractivity contribution in [1.29, 1.82) is 0 Å². The Kier molecular flexibility index (Phi) is 4.83. The number of carbonyl (C=O) groups is 1. The molecular formula is C20H24N4O3. The SMILES string of the molecule is CCc1nc(C)c(C(=O)NCC2CCCN(c3nc4ccccc4o3)C2)o1. The predicted molar refractivity (Wildman–Crippen MR) is 102 cm³/mol. The zero-order chi connectivity index (χ0) is 18.8. The fraction of sp³-hybridized carbons (Fsp3) is 0.450. The number of nitrogens with zero attached hydrogens (tertiary/aromatic N) is 3. The van der Waals surface area contributed by atoms with Crippen LogP contribution in [0.2, 0.25) is 0 Å². The van der Waals surface area contributed by atoms with E-state index in [0.29, 0.717) is 42.2 Å². The molecule has 1 saturated heterocycles. The number of hydrogen-bond acceptors (Lipinski definition) is 6. The van der Waals surface area contributed by atoms with Gasteiger partial charge in [0.1, 0.15) is 5.52 Å². The number of piperidine rings is 1. The van der Waals surface area contributed by atoms with Crippen LogP contribution in [0, 0.1) is 12.8 Å². The lowest BCUT2D eigenvalue weighted by Crippen LogP contribution is -2.41. The average molecular weight is 368 g/mol. The first-order valence-electron chi connectivity index (χ1n) is 9.49. The Morgan fingerprint density at radius 3 is 2.93 bits per heavy atom. The Balaban J connectivity index is 1.38. The summed E-state index contributed by atoms with van der Waals surface area (Å²) in [6.07, 6.45) is 2.78. The monoisotopic (exact) mass is 368 g/mol. The van der Waals surface area contributed by atoms with Crippen LogP contribution in [-0.4, -0.2) is 35.5 Å². The number of benzene rings is 1. The molecule has 0 spiro atoms. The molecule has 7 heteroatoms. The molecule has 0 aliphatic carbocycles. The molecule has 1 aromatic carbocycles. The van der Waals surface area contributed by atoms with Crippen molar-refractivity contribution in [2.75, 3.05) is 24.5 Å². The fourth-order valence-corrected chi connectivity index (χ4v) is 3.53. The number of nitrogens with one attached hydrogen (secondary N) is 1. The highest BCUT2D eigenvalue weighted by Gasteiger charge is 2.25. The molecule has 0 radical (unpaired) electrons. The van der Waals surface area contributed by atoms with Crippen molar-refractivity contribution in [2.45, 2.75) is 33.1 Å². The van der Waals surface area contributed by atoms with Gasteiger partial charge in [-0.05, 0) is 37.8 Å². The smallest absolute Gasteiger partial charge is 0.298 e. The highest BCUT2D eigenvalue weighted by Crippen LogP contribution is 2.26. The maximum absolute atomic E-state index is 12.4. The van der Waals surface area contributed by atoms with Crippen LogP contribution in [0.1, 0.15) is 41.9 Å². The Labute approximate surface area is 157 Å². The van der Waals surface area contributed by atoms with Crippen molar-refractivity contribution < 1.29 is 13.6 Å². The molecule has 3 heterocycles. The summed E-state index contributed by atoms with van der Waals surface area (Å²) in [6, 6.07) is 8.44. The Morgan fingerprint density at radius 1 is 1.30 bits per heavy atom. The van der Waals surface area contributed by atoms with Gasteiger partial charge in [0.15, 0.2) is 11.5 Å². The van der Waals surface area contributed by atoms with Crippen LogP contribution < -0.4 is 10.2 Å². The molecule has 1 aliphatic heterocycles. The van der Waals surface area contributed by atoms with Gasteiger partial charge < -0.3 is 19.1 Å². The minimum Gasteiger partial charge on any atom is -0.435 e. The third kappa shape index (κ3) is 3.67. The summed E-state index contributed by atoms with van der Waals surface area (Å²) < 4.78 is 11.4. The number of rotatable bonds is 5. The minimum atomic E-state index is -0.196. The molecular weight excluding hydrogens is 344 g/mol. The number of aromatic nitrogens is 2. The third-order valence-electron chi connectivity index (χ3n) is 4.97. The van der Waals surface area contributed by atoms with Crippen LogP contribution in [0.4, 0.5) is 6.01 Å². The van der Waals surface area contributed by atoms with Crippen LogP contribution in [-0.2, 0) is 6.42 Å². The number of fused-ring (bicyclic) bond motifs is 1. The highest BCUT2D eigenvalue weighted by molar-refractivity contribution is 5.92. The molecule has 142 valence electrons. The van der Waals surface area contributed by atoms with E-state index in [1.807, 2.05) is 31.2 Å². The number of hydrogen-bond donors (Lipinski definition) is 1. The number of para-hydroxylation sites is 2. The Bertz CT molecular complexity index is 913. The number of oxazole rings is 2. The number of amides is 1. The molecule has 1 N–H and O–H groups in total. The first-order chi connectivity index (χ1) is 13.1. The lowest BCUT2D eigenvalue weighted by molar-refractivity contribution is 0.0915. The molecule has 1 fully saturated rings. The Morgan fingerprint density at radius 2 is 2.15 bits per heavy atom. The molecule has 0 bridgehead atoms. The van der Waals surface area contributed by atoms with Gasteiger partial charge >= 0.3 is 0 Å². The van der Waals surface area contributed by atoms with Crippen LogP contribution in [0.5, 0.6) is 0 Å². The molecule has 4 rings (SSSR count). The second kappa shape index (κ2) is 7.42. The van der Waals surface area contributed by atoms with Gasteiger partial charge in [-0.25, -0.2) is 4.98 Å². The Hall–Kier alpha value is -2.83. The summed E-state index contributed by atoms with van der Waals surface area (Å²) in [4.78, 5) is 23.4. The van der Waals surface area contributed by atoms with Gasteiger partial charge in [0.2, 0.25) is 5.76 Å². The summed E-state index contributed by atoms with van der Waals surface area (Å²) >= 11 is 0. The summed E-state index contributed by atoms with van der Waals surface area (Å²) in [5.74, 6) is 1.06. The lowest BCUT2D eigenvalue weighted by atomic mass is 9.98. The maximum atomic E-state index is 12.4. The zero-order valence-electron chi connectivity index (χ0n) is 15.7. The van der Waals surface area contributed by atoms with Crippen molar-refractivity contribution in [2.24, 2.45) is 5.92 Å². The van der Waals surface area contributed by atoms with E-state index >= 15 is 0 Å². The molecule has 7 nitrogen and oxygen atoms in total. The van der Waals surface area contributed by atoms with E-state index in [2.05, 4.69) is 20.2 Å². The van der Waals surface area contributed by atoms with Crippen LogP contribution in [0.15, 0.2) is 33.1 Å². The van der Waals surface area contributed by atoms with E-state index in [1.165, 1.54) is 0 Å². The minimum absolute atomic E-state index is 0.196.